The quantitative estimate of drug-likeness (QED) is 0.637. The third-order valence-corrected chi connectivity index (χ3v) is 6.62. The topological polar surface area (TPSA) is 88.5 Å². The van der Waals surface area contributed by atoms with E-state index >= 15 is 0 Å². The summed E-state index contributed by atoms with van der Waals surface area (Å²) in [5, 5.41) is 10.8. The summed E-state index contributed by atoms with van der Waals surface area (Å²) in [5.74, 6) is 0. The van der Waals surface area contributed by atoms with E-state index in [0.717, 1.165) is 19.4 Å². The number of benzene rings is 2. The Bertz CT molecular complexity index is 1190. The van der Waals surface area contributed by atoms with E-state index in [-0.39, 0.29) is 12.1 Å². The summed E-state index contributed by atoms with van der Waals surface area (Å²) in [4.78, 5) is 27.2. The maximum atomic E-state index is 12.9. The standard InChI is InChI=1S/C24H27N5O3/c1-15-6-5-13-28(15)21-9-3-7-16-17(21)11-12-20(16)27-23(30)26-19-8-4-10-22-18(19)14-25-29(22)24(31)32-2/h3-4,7-10,14-15,20H,5-6,11-13H2,1-2H3,(H2,26,27,30). The number of carbonyl (C=O) groups is 2. The Hall–Kier alpha value is -3.55. The molecule has 8 heteroatoms. The maximum Gasteiger partial charge on any atom is 0.434 e. The molecule has 0 saturated carbocycles. The number of methoxy groups -OCH3 is 1. The number of fused-ring (bicyclic) bond motifs is 2. The lowest BCUT2D eigenvalue weighted by molar-refractivity contribution is 0.170. The Morgan fingerprint density at radius 2 is 2.00 bits per heavy atom. The summed E-state index contributed by atoms with van der Waals surface area (Å²) in [6.07, 6.45) is 5.27. The van der Waals surface area contributed by atoms with E-state index in [9.17, 15) is 9.59 Å². The number of anilines is 2. The van der Waals surface area contributed by atoms with Crippen molar-refractivity contribution >= 4 is 34.4 Å². The van der Waals surface area contributed by atoms with Crippen molar-refractivity contribution in [1.82, 2.24) is 15.1 Å². The van der Waals surface area contributed by atoms with Crippen LogP contribution in [-0.2, 0) is 11.2 Å². The van der Waals surface area contributed by atoms with Gasteiger partial charge in [-0.2, -0.15) is 9.78 Å². The number of nitrogens with one attached hydrogen (secondary N) is 2. The van der Waals surface area contributed by atoms with Crippen molar-refractivity contribution in [3.63, 3.8) is 0 Å². The minimum absolute atomic E-state index is 0.0279. The summed E-state index contributed by atoms with van der Waals surface area (Å²) in [7, 11) is 1.31. The second kappa shape index (κ2) is 8.18. The zero-order chi connectivity index (χ0) is 22.2. The van der Waals surface area contributed by atoms with Crippen LogP contribution in [0.5, 0.6) is 0 Å². The van der Waals surface area contributed by atoms with Gasteiger partial charge in [0.15, 0.2) is 0 Å². The lowest BCUT2D eigenvalue weighted by Crippen LogP contribution is -2.31. The molecule has 2 heterocycles. The fraction of sp³-hybridized carbons (Fsp3) is 0.375. The molecule has 3 aromatic rings. The number of rotatable bonds is 3. The first-order valence-electron chi connectivity index (χ1n) is 11.1. The van der Waals surface area contributed by atoms with Crippen LogP contribution in [0.4, 0.5) is 21.0 Å². The molecule has 5 rings (SSSR count). The van der Waals surface area contributed by atoms with Gasteiger partial charge in [0.25, 0.3) is 0 Å². The van der Waals surface area contributed by atoms with E-state index in [4.69, 9.17) is 4.74 Å². The molecule has 2 N–H and O–H groups in total. The summed E-state index contributed by atoms with van der Waals surface area (Å²) < 4.78 is 5.93. The minimum Gasteiger partial charge on any atom is -0.451 e. The van der Waals surface area contributed by atoms with Gasteiger partial charge in [-0.05, 0) is 61.9 Å². The Morgan fingerprint density at radius 1 is 1.16 bits per heavy atom. The fourth-order valence-corrected chi connectivity index (χ4v) is 5.05. The monoisotopic (exact) mass is 433 g/mol. The molecular weight excluding hydrogens is 406 g/mol. The number of hydrogen-bond acceptors (Lipinski definition) is 5. The van der Waals surface area contributed by atoms with Gasteiger partial charge in [0.1, 0.15) is 0 Å². The van der Waals surface area contributed by atoms with Gasteiger partial charge in [0.05, 0.1) is 30.6 Å². The maximum absolute atomic E-state index is 12.9. The van der Waals surface area contributed by atoms with Crippen molar-refractivity contribution in [2.75, 3.05) is 23.9 Å². The zero-order valence-corrected chi connectivity index (χ0v) is 18.3. The van der Waals surface area contributed by atoms with Gasteiger partial charge in [0.2, 0.25) is 0 Å². The van der Waals surface area contributed by atoms with Gasteiger partial charge < -0.3 is 20.3 Å². The van der Waals surface area contributed by atoms with Crippen LogP contribution in [0.25, 0.3) is 10.9 Å². The molecule has 8 nitrogen and oxygen atoms in total. The highest BCUT2D eigenvalue weighted by molar-refractivity contribution is 6.02. The summed E-state index contributed by atoms with van der Waals surface area (Å²) >= 11 is 0. The summed E-state index contributed by atoms with van der Waals surface area (Å²) in [6.45, 7) is 3.38. The molecule has 0 radical (unpaired) electrons. The predicted molar refractivity (Wildman–Crippen MR) is 123 cm³/mol. The van der Waals surface area contributed by atoms with Gasteiger partial charge in [-0.1, -0.05) is 18.2 Å². The molecule has 1 aliphatic heterocycles. The summed E-state index contributed by atoms with van der Waals surface area (Å²) in [6, 6.07) is 12.0. The Morgan fingerprint density at radius 3 is 2.78 bits per heavy atom. The van der Waals surface area contributed by atoms with Crippen molar-refractivity contribution in [2.45, 2.75) is 44.7 Å². The van der Waals surface area contributed by atoms with Crippen molar-refractivity contribution in [1.29, 1.82) is 0 Å². The van der Waals surface area contributed by atoms with Crippen LogP contribution < -0.4 is 15.5 Å². The first-order chi connectivity index (χ1) is 15.6. The Labute approximate surface area is 186 Å². The zero-order valence-electron chi connectivity index (χ0n) is 18.3. The molecule has 2 unspecified atom stereocenters. The van der Waals surface area contributed by atoms with Gasteiger partial charge >= 0.3 is 12.1 Å². The predicted octanol–water partition coefficient (Wildman–Crippen LogP) is 4.45. The molecule has 1 fully saturated rings. The molecule has 0 bridgehead atoms. The molecule has 0 spiro atoms. The van der Waals surface area contributed by atoms with Crippen LogP contribution in [0.2, 0.25) is 0 Å². The SMILES string of the molecule is COC(=O)n1ncc2c(NC(=O)NC3CCc4c3cccc4N3CCCC3C)cccc21. The van der Waals surface area contributed by atoms with Crippen molar-refractivity contribution in [3.8, 4) is 0 Å². The third-order valence-electron chi connectivity index (χ3n) is 6.62. The Kier molecular flexibility index (Phi) is 5.20. The van der Waals surface area contributed by atoms with E-state index in [1.807, 2.05) is 0 Å². The third kappa shape index (κ3) is 3.45. The van der Waals surface area contributed by atoms with Crippen LogP contribution in [0.1, 0.15) is 43.4 Å². The summed E-state index contributed by atoms with van der Waals surface area (Å²) in [5.41, 5.74) is 5.04. The average Bonchev–Trinajstić information content (AvgIpc) is 3.52. The molecule has 2 amide bonds. The second-order valence-electron chi connectivity index (χ2n) is 8.48. The van der Waals surface area contributed by atoms with E-state index in [0.29, 0.717) is 22.6 Å². The number of hydrogen-bond donors (Lipinski definition) is 2. The van der Waals surface area contributed by atoms with E-state index in [1.54, 1.807) is 24.4 Å². The molecular formula is C24H27N5O3. The highest BCUT2D eigenvalue weighted by Gasteiger charge is 2.30. The number of nitrogens with zero attached hydrogens (tertiary/aromatic N) is 3. The first kappa shape index (κ1) is 20.4. The average molecular weight is 434 g/mol. The van der Waals surface area contributed by atoms with Gasteiger partial charge in [0, 0.05) is 23.7 Å². The second-order valence-corrected chi connectivity index (χ2v) is 8.48. The van der Waals surface area contributed by atoms with Crippen LogP contribution in [0.15, 0.2) is 42.6 Å². The number of carbonyl (C=O) groups excluding carboxylic acids is 2. The van der Waals surface area contributed by atoms with Crippen molar-refractivity contribution in [2.24, 2.45) is 0 Å². The number of ether oxygens (including phenoxy) is 1. The molecule has 2 aliphatic rings. The van der Waals surface area contributed by atoms with E-state index in [2.05, 4.69) is 45.8 Å². The van der Waals surface area contributed by atoms with Crippen molar-refractivity contribution in [3.05, 3.63) is 53.7 Å². The molecule has 2 aromatic carbocycles. The van der Waals surface area contributed by atoms with Crippen molar-refractivity contribution < 1.29 is 14.3 Å². The van der Waals surface area contributed by atoms with Crippen LogP contribution in [0, 0.1) is 0 Å². The van der Waals surface area contributed by atoms with E-state index < -0.39 is 6.09 Å². The van der Waals surface area contributed by atoms with Crippen LogP contribution in [0.3, 0.4) is 0 Å². The molecule has 1 saturated heterocycles. The van der Waals surface area contributed by atoms with Crippen LogP contribution in [-0.4, -0.2) is 41.6 Å². The Balaban J connectivity index is 1.34. The number of urea groups is 1. The highest BCUT2D eigenvalue weighted by atomic mass is 16.5. The largest absolute Gasteiger partial charge is 0.451 e. The molecule has 166 valence electrons. The van der Waals surface area contributed by atoms with Gasteiger partial charge in [-0.15, -0.1) is 0 Å². The lowest BCUT2D eigenvalue weighted by atomic mass is 10.1. The molecule has 1 aliphatic carbocycles. The number of aromatic nitrogens is 2. The molecule has 1 aromatic heterocycles. The minimum atomic E-state index is -0.577. The highest BCUT2D eigenvalue weighted by Crippen LogP contribution is 2.39. The molecule has 2 atom stereocenters. The van der Waals surface area contributed by atoms with Crippen LogP contribution >= 0.6 is 0 Å². The first-order valence-corrected chi connectivity index (χ1v) is 11.1. The molecule has 32 heavy (non-hydrogen) atoms. The fourth-order valence-electron chi connectivity index (χ4n) is 5.05. The normalized spacial score (nSPS) is 19.8. The van der Waals surface area contributed by atoms with Gasteiger partial charge in [-0.3, -0.25) is 0 Å². The van der Waals surface area contributed by atoms with E-state index in [1.165, 1.54) is 41.4 Å². The number of amides is 2. The smallest absolute Gasteiger partial charge is 0.434 e. The lowest BCUT2D eigenvalue weighted by Gasteiger charge is -2.26. The van der Waals surface area contributed by atoms with Gasteiger partial charge in [-0.25, -0.2) is 9.59 Å².